The van der Waals surface area contributed by atoms with Crippen molar-refractivity contribution < 1.29 is 9.13 Å². The van der Waals surface area contributed by atoms with Crippen LogP contribution >= 0.6 is 24.0 Å². The first-order valence-electron chi connectivity index (χ1n) is 9.04. The summed E-state index contributed by atoms with van der Waals surface area (Å²) >= 11 is 0. The molecular weight excluding hydrogens is 482 g/mol. The largest absolute Gasteiger partial charge is 0.439 e. The molecule has 5 nitrogen and oxygen atoms in total. The molecule has 0 aliphatic carbocycles. The molecule has 0 radical (unpaired) electrons. The van der Waals surface area contributed by atoms with Gasteiger partial charge in [0.05, 0.1) is 6.04 Å². The van der Waals surface area contributed by atoms with Crippen LogP contribution in [0.15, 0.2) is 77.9 Å². The number of guanidine groups is 1. The molecule has 0 amide bonds. The van der Waals surface area contributed by atoms with Gasteiger partial charge in [-0.25, -0.2) is 9.37 Å². The average molecular weight is 506 g/mol. The van der Waals surface area contributed by atoms with Gasteiger partial charge in [-0.15, -0.1) is 24.0 Å². The summed E-state index contributed by atoms with van der Waals surface area (Å²) in [5.74, 6) is 1.41. The van der Waals surface area contributed by atoms with Gasteiger partial charge in [-0.05, 0) is 42.3 Å². The zero-order valence-corrected chi connectivity index (χ0v) is 18.6. The van der Waals surface area contributed by atoms with E-state index in [1.54, 1.807) is 31.4 Å². The SMILES string of the molecule is CN=C(NCc1ccc(Oc2ccc(F)cc2)nc1)NC(C)c1ccccc1.I. The van der Waals surface area contributed by atoms with Gasteiger partial charge in [0.1, 0.15) is 11.6 Å². The number of halogens is 2. The predicted molar refractivity (Wildman–Crippen MR) is 124 cm³/mol. The maximum absolute atomic E-state index is 12.9. The molecule has 1 unspecified atom stereocenters. The normalized spacial score (nSPS) is 11.9. The number of aromatic nitrogens is 1. The van der Waals surface area contributed by atoms with Crippen LogP contribution in [0, 0.1) is 5.82 Å². The molecule has 2 aromatic carbocycles. The van der Waals surface area contributed by atoms with Crippen molar-refractivity contribution in [3.8, 4) is 11.6 Å². The Hall–Kier alpha value is -2.68. The highest BCUT2D eigenvalue weighted by atomic mass is 127. The summed E-state index contributed by atoms with van der Waals surface area (Å²) in [6.45, 7) is 2.66. The number of aliphatic imine (C=N–C) groups is 1. The predicted octanol–water partition coefficient (Wildman–Crippen LogP) is 5.06. The number of pyridine rings is 1. The zero-order chi connectivity index (χ0) is 19.8. The third-order valence-corrected chi connectivity index (χ3v) is 4.17. The van der Waals surface area contributed by atoms with Crippen molar-refractivity contribution in [1.82, 2.24) is 15.6 Å². The summed E-state index contributed by atoms with van der Waals surface area (Å²) in [5.41, 5.74) is 2.18. The second-order valence-electron chi connectivity index (χ2n) is 6.26. The first-order valence-corrected chi connectivity index (χ1v) is 9.04. The lowest BCUT2D eigenvalue weighted by Gasteiger charge is -2.18. The number of nitrogens with one attached hydrogen (secondary N) is 2. The van der Waals surface area contributed by atoms with Crippen LogP contribution in [-0.2, 0) is 6.54 Å². The Morgan fingerprint density at radius 2 is 1.79 bits per heavy atom. The topological polar surface area (TPSA) is 58.5 Å². The Morgan fingerprint density at radius 3 is 2.41 bits per heavy atom. The molecular formula is C22H24FIN4O. The fourth-order valence-electron chi connectivity index (χ4n) is 2.61. The Labute approximate surface area is 187 Å². The molecule has 1 heterocycles. The van der Waals surface area contributed by atoms with Gasteiger partial charge in [-0.3, -0.25) is 4.99 Å². The van der Waals surface area contributed by atoms with Crippen molar-refractivity contribution in [1.29, 1.82) is 0 Å². The van der Waals surface area contributed by atoms with E-state index in [4.69, 9.17) is 4.74 Å². The molecule has 7 heteroatoms. The van der Waals surface area contributed by atoms with Crippen molar-refractivity contribution in [3.63, 3.8) is 0 Å². The highest BCUT2D eigenvalue weighted by molar-refractivity contribution is 14.0. The fourth-order valence-corrected chi connectivity index (χ4v) is 2.61. The minimum atomic E-state index is -0.301. The first kappa shape index (κ1) is 22.6. The number of hydrogen-bond acceptors (Lipinski definition) is 3. The maximum atomic E-state index is 12.9. The van der Waals surface area contributed by atoms with Gasteiger partial charge >= 0.3 is 0 Å². The first-order chi connectivity index (χ1) is 13.6. The van der Waals surface area contributed by atoms with Crippen LogP contribution in [0.4, 0.5) is 4.39 Å². The standard InChI is InChI=1S/C22H23FN4O.HI/c1-16(18-6-4-3-5-7-18)27-22(24-2)26-15-17-8-13-21(25-14-17)28-20-11-9-19(23)10-12-20;/h3-14,16H,15H2,1-2H3,(H2,24,26,27);1H. The third kappa shape index (κ3) is 7.01. The molecule has 0 fully saturated rings. The van der Waals surface area contributed by atoms with E-state index in [2.05, 4.69) is 39.7 Å². The van der Waals surface area contributed by atoms with Crippen molar-refractivity contribution in [2.75, 3.05) is 7.05 Å². The Kier molecular flexibility index (Phi) is 8.85. The molecule has 3 rings (SSSR count). The molecule has 1 atom stereocenters. The van der Waals surface area contributed by atoms with Crippen LogP contribution < -0.4 is 15.4 Å². The molecule has 0 saturated heterocycles. The quantitative estimate of drug-likeness (QED) is 0.279. The van der Waals surface area contributed by atoms with E-state index < -0.39 is 0 Å². The summed E-state index contributed by atoms with van der Waals surface area (Å²) in [4.78, 5) is 8.56. The van der Waals surface area contributed by atoms with E-state index in [-0.39, 0.29) is 35.8 Å². The number of rotatable bonds is 6. The molecule has 0 aliphatic heterocycles. The van der Waals surface area contributed by atoms with E-state index >= 15 is 0 Å². The molecule has 0 bridgehead atoms. The second kappa shape index (κ2) is 11.4. The Balaban J connectivity index is 0.00000300. The second-order valence-corrected chi connectivity index (χ2v) is 6.26. The number of nitrogens with zero attached hydrogens (tertiary/aromatic N) is 2. The van der Waals surface area contributed by atoms with Gasteiger partial charge in [0.15, 0.2) is 5.96 Å². The molecule has 3 aromatic rings. The lowest BCUT2D eigenvalue weighted by molar-refractivity contribution is 0.461. The zero-order valence-electron chi connectivity index (χ0n) is 16.3. The fraction of sp³-hybridized carbons (Fsp3) is 0.182. The smallest absolute Gasteiger partial charge is 0.219 e. The van der Waals surface area contributed by atoms with E-state index in [9.17, 15) is 4.39 Å². The van der Waals surface area contributed by atoms with Crippen molar-refractivity contribution in [2.45, 2.75) is 19.5 Å². The molecule has 2 N–H and O–H groups in total. The van der Waals surface area contributed by atoms with Crippen molar-refractivity contribution in [3.05, 3.63) is 89.9 Å². The Morgan fingerprint density at radius 1 is 1.07 bits per heavy atom. The van der Waals surface area contributed by atoms with Gasteiger partial charge in [0.25, 0.3) is 0 Å². The third-order valence-electron chi connectivity index (χ3n) is 4.17. The van der Waals surface area contributed by atoms with Crippen molar-refractivity contribution >= 4 is 29.9 Å². The van der Waals surface area contributed by atoms with E-state index in [0.29, 0.717) is 24.1 Å². The molecule has 0 aliphatic rings. The number of benzene rings is 2. The van der Waals surface area contributed by atoms with Crippen LogP contribution in [0.2, 0.25) is 0 Å². The molecule has 29 heavy (non-hydrogen) atoms. The van der Waals surface area contributed by atoms with Crippen LogP contribution in [-0.4, -0.2) is 18.0 Å². The van der Waals surface area contributed by atoms with Crippen LogP contribution in [0.5, 0.6) is 11.6 Å². The van der Waals surface area contributed by atoms with Crippen LogP contribution in [0.3, 0.4) is 0 Å². The van der Waals surface area contributed by atoms with Gasteiger partial charge in [0.2, 0.25) is 5.88 Å². The van der Waals surface area contributed by atoms with Gasteiger partial charge < -0.3 is 15.4 Å². The maximum Gasteiger partial charge on any atom is 0.219 e. The van der Waals surface area contributed by atoms with Crippen LogP contribution in [0.25, 0.3) is 0 Å². The van der Waals surface area contributed by atoms with E-state index in [0.717, 1.165) is 5.56 Å². The van der Waals surface area contributed by atoms with E-state index in [1.807, 2.05) is 24.3 Å². The van der Waals surface area contributed by atoms with Gasteiger partial charge in [-0.1, -0.05) is 36.4 Å². The van der Waals surface area contributed by atoms with Gasteiger partial charge in [0, 0.05) is 25.9 Å². The van der Waals surface area contributed by atoms with Crippen LogP contribution in [0.1, 0.15) is 24.1 Å². The Bertz CT molecular complexity index is 902. The minimum Gasteiger partial charge on any atom is -0.439 e. The highest BCUT2D eigenvalue weighted by Crippen LogP contribution is 2.19. The molecule has 1 aromatic heterocycles. The average Bonchev–Trinajstić information content (AvgIpc) is 2.74. The van der Waals surface area contributed by atoms with Gasteiger partial charge in [-0.2, -0.15) is 0 Å². The summed E-state index contributed by atoms with van der Waals surface area (Å²) in [6, 6.07) is 19.9. The summed E-state index contributed by atoms with van der Waals surface area (Å²) in [5, 5.41) is 6.64. The number of ether oxygens (including phenoxy) is 1. The monoisotopic (exact) mass is 506 g/mol. The number of hydrogen-bond donors (Lipinski definition) is 2. The summed E-state index contributed by atoms with van der Waals surface area (Å²) in [6.07, 6.45) is 1.74. The lowest BCUT2D eigenvalue weighted by atomic mass is 10.1. The molecule has 0 spiro atoms. The van der Waals surface area contributed by atoms with Crippen molar-refractivity contribution in [2.24, 2.45) is 4.99 Å². The molecule has 152 valence electrons. The molecule has 0 saturated carbocycles. The highest BCUT2D eigenvalue weighted by Gasteiger charge is 2.07. The summed E-state index contributed by atoms with van der Waals surface area (Å²) < 4.78 is 18.5. The minimum absolute atomic E-state index is 0. The summed E-state index contributed by atoms with van der Waals surface area (Å²) in [7, 11) is 1.74. The van der Waals surface area contributed by atoms with E-state index in [1.165, 1.54) is 17.7 Å². The lowest BCUT2D eigenvalue weighted by Crippen LogP contribution is -2.38.